The lowest BCUT2D eigenvalue weighted by Gasteiger charge is -2.35. The van der Waals surface area contributed by atoms with E-state index in [1.807, 2.05) is 37.3 Å². The number of nitrogens with zero attached hydrogens (tertiary/aromatic N) is 2. The lowest BCUT2D eigenvalue weighted by Crippen LogP contribution is -2.42. The number of rotatable bonds is 7. The second-order valence-electron chi connectivity index (χ2n) is 8.32. The van der Waals surface area contributed by atoms with E-state index in [1.165, 1.54) is 0 Å². The maximum absolute atomic E-state index is 12.0. The molecule has 4 rings (SSSR count). The number of aryl methyl sites for hydroxylation is 1. The first-order chi connectivity index (χ1) is 15.5. The molecular weight excluding hydrogens is 400 g/mol. The topological polar surface area (TPSA) is 43.7 Å². The molecule has 0 aliphatic carbocycles. The molecule has 0 N–H and O–H groups in total. The van der Waals surface area contributed by atoms with Crippen LogP contribution in [0.2, 0.25) is 0 Å². The van der Waals surface area contributed by atoms with Crippen LogP contribution in [0.3, 0.4) is 0 Å². The SMILES string of the molecule is C#CCN1CCC(OC)(c2cccc(OCc3ccc4c(ccc(=O)n4CC)c3)c2)C1C. The standard InChI is InChI=1S/C27H30N2O3/c1-5-15-28-16-14-27(31-4,20(28)3)23-8-7-9-24(18-23)32-19-21-10-12-25-22(17-21)11-13-26(30)29(25)6-2/h1,7-13,17-18,20H,6,14-16,19H2,2-4H3. The Bertz CT molecular complexity index is 1210. The van der Waals surface area contributed by atoms with Gasteiger partial charge in [0.05, 0.1) is 12.1 Å². The van der Waals surface area contributed by atoms with Gasteiger partial charge in [-0.25, -0.2) is 0 Å². The van der Waals surface area contributed by atoms with Crippen molar-refractivity contribution in [2.75, 3.05) is 20.2 Å². The Hall–Kier alpha value is -3.07. The summed E-state index contributed by atoms with van der Waals surface area (Å²) in [5.74, 6) is 3.56. The van der Waals surface area contributed by atoms with Crippen molar-refractivity contribution in [1.29, 1.82) is 0 Å². The fraction of sp³-hybridized carbons (Fsp3) is 0.370. The predicted octanol–water partition coefficient (Wildman–Crippen LogP) is 4.17. The maximum Gasteiger partial charge on any atom is 0.250 e. The van der Waals surface area contributed by atoms with Gasteiger partial charge in [0.25, 0.3) is 5.56 Å². The summed E-state index contributed by atoms with van der Waals surface area (Å²) < 4.78 is 14.0. The smallest absolute Gasteiger partial charge is 0.250 e. The molecule has 0 spiro atoms. The summed E-state index contributed by atoms with van der Waals surface area (Å²) >= 11 is 0. The van der Waals surface area contributed by atoms with Crippen molar-refractivity contribution in [3.05, 3.63) is 76.1 Å². The highest BCUT2D eigenvalue weighted by Crippen LogP contribution is 2.41. The van der Waals surface area contributed by atoms with Crippen LogP contribution in [-0.4, -0.2) is 35.7 Å². The molecule has 3 aromatic rings. The molecule has 2 heterocycles. The van der Waals surface area contributed by atoms with Gasteiger partial charge >= 0.3 is 0 Å². The Morgan fingerprint density at radius 3 is 2.78 bits per heavy atom. The molecule has 1 fully saturated rings. The maximum atomic E-state index is 12.0. The molecular formula is C27H30N2O3. The number of aromatic nitrogens is 1. The molecule has 2 atom stereocenters. The molecule has 2 unspecified atom stereocenters. The lowest BCUT2D eigenvalue weighted by molar-refractivity contribution is -0.0359. The Labute approximate surface area is 189 Å². The van der Waals surface area contributed by atoms with Gasteiger partial charge in [-0.1, -0.05) is 24.1 Å². The van der Waals surface area contributed by atoms with Gasteiger partial charge in [0.15, 0.2) is 0 Å². The number of benzene rings is 2. The van der Waals surface area contributed by atoms with Crippen molar-refractivity contribution in [2.24, 2.45) is 0 Å². The third kappa shape index (κ3) is 3.92. The molecule has 0 radical (unpaired) electrons. The Morgan fingerprint density at radius 1 is 1.19 bits per heavy atom. The molecule has 0 amide bonds. The summed E-state index contributed by atoms with van der Waals surface area (Å²) in [6.07, 6.45) is 6.44. The molecule has 1 saturated heterocycles. The van der Waals surface area contributed by atoms with Crippen LogP contribution in [-0.2, 0) is 23.5 Å². The van der Waals surface area contributed by atoms with Gasteiger partial charge < -0.3 is 14.0 Å². The van der Waals surface area contributed by atoms with Crippen molar-refractivity contribution >= 4 is 10.9 Å². The Kier molecular flexibility index (Phi) is 6.36. The fourth-order valence-corrected chi connectivity index (χ4v) is 4.90. The number of hydrogen-bond acceptors (Lipinski definition) is 4. The van der Waals surface area contributed by atoms with Crippen LogP contribution in [0.1, 0.15) is 31.4 Å². The summed E-state index contributed by atoms with van der Waals surface area (Å²) in [7, 11) is 1.77. The minimum atomic E-state index is -0.400. The predicted molar refractivity (Wildman–Crippen MR) is 128 cm³/mol. The molecule has 2 aromatic carbocycles. The largest absolute Gasteiger partial charge is 0.489 e. The van der Waals surface area contributed by atoms with Crippen LogP contribution in [0.15, 0.2) is 59.4 Å². The van der Waals surface area contributed by atoms with Crippen LogP contribution in [0.5, 0.6) is 5.75 Å². The minimum Gasteiger partial charge on any atom is -0.489 e. The lowest BCUT2D eigenvalue weighted by atomic mass is 9.87. The molecule has 32 heavy (non-hydrogen) atoms. The minimum absolute atomic E-state index is 0.0230. The quantitative estimate of drug-likeness (QED) is 0.528. The molecule has 0 bridgehead atoms. The van der Waals surface area contributed by atoms with Gasteiger partial charge in [0.2, 0.25) is 0 Å². The number of ether oxygens (including phenoxy) is 2. The van der Waals surface area contributed by atoms with Gasteiger partial charge in [-0.2, -0.15) is 0 Å². The van der Waals surface area contributed by atoms with Crippen LogP contribution < -0.4 is 10.3 Å². The first-order valence-corrected chi connectivity index (χ1v) is 11.1. The first kappa shape index (κ1) is 22.1. The third-order valence-electron chi connectivity index (χ3n) is 6.75. The van der Waals surface area contributed by atoms with Crippen molar-refractivity contribution in [2.45, 2.75) is 45.1 Å². The molecule has 5 heteroatoms. The number of pyridine rings is 1. The van der Waals surface area contributed by atoms with Crippen LogP contribution in [0.4, 0.5) is 0 Å². The van der Waals surface area contributed by atoms with E-state index >= 15 is 0 Å². The number of fused-ring (bicyclic) bond motifs is 1. The van der Waals surface area contributed by atoms with E-state index in [4.69, 9.17) is 15.9 Å². The fourth-order valence-electron chi connectivity index (χ4n) is 4.90. The van der Waals surface area contributed by atoms with Crippen LogP contribution in [0.25, 0.3) is 10.9 Å². The van der Waals surface area contributed by atoms with Crippen LogP contribution in [0, 0.1) is 12.3 Å². The van der Waals surface area contributed by atoms with Crippen molar-refractivity contribution in [3.63, 3.8) is 0 Å². The molecule has 5 nitrogen and oxygen atoms in total. The number of likely N-dealkylation sites (tertiary alicyclic amines) is 1. The highest BCUT2D eigenvalue weighted by molar-refractivity contribution is 5.79. The van der Waals surface area contributed by atoms with Gasteiger partial charge in [-0.15, -0.1) is 6.42 Å². The molecule has 166 valence electrons. The summed E-state index contributed by atoms with van der Waals surface area (Å²) in [6.45, 7) is 6.78. The highest BCUT2D eigenvalue weighted by Gasteiger charge is 2.46. The number of hydrogen-bond donors (Lipinski definition) is 0. The third-order valence-corrected chi connectivity index (χ3v) is 6.75. The van der Waals surface area contributed by atoms with Gasteiger partial charge in [-0.3, -0.25) is 9.69 Å². The van der Waals surface area contributed by atoms with E-state index in [2.05, 4.69) is 35.9 Å². The zero-order chi connectivity index (χ0) is 22.7. The molecule has 0 saturated carbocycles. The Balaban J connectivity index is 1.54. The van der Waals surface area contributed by atoms with Gasteiger partial charge in [0.1, 0.15) is 18.0 Å². The van der Waals surface area contributed by atoms with Crippen molar-refractivity contribution < 1.29 is 9.47 Å². The van der Waals surface area contributed by atoms with E-state index in [-0.39, 0.29) is 11.6 Å². The Morgan fingerprint density at radius 2 is 2.03 bits per heavy atom. The second-order valence-corrected chi connectivity index (χ2v) is 8.32. The van der Waals surface area contributed by atoms with Crippen molar-refractivity contribution in [3.8, 4) is 18.1 Å². The van der Waals surface area contributed by atoms with E-state index in [1.54, 1.807) is 17.7 Å². The number of terminal acetylenes is 1. The summed E-state index contributed by atoms with van der Waals surface area (Å²) in [6, 6.07) is 17.9. The average molecular weight is 431 g/mol. The monoisotopic (exact) mass is 430 g/mol. The first-order valence-electron chi connectivity index (χ1n) is 11.1. The van der Waals surface area contributed by atoms with Gasteiger partial charge in [-0.05, 0) is 67.1 Å². The summed E-state index contributed by atoms with van der Waals surface area (Å²) in [5, 5.41) is 1.04. The van der Waals surface area contributed by atoms with E-state index in [9.17, 15) is 4.79 Å². The van der Waals surface area contributed by atoms with E-state index in [0.717, 1.165) is 40.7 Å². The molecule has 1 aliphatic heterocycles. The zero-order valence-electron chi connectivity index (χ0n) is 19.0. The van der Waals surface area contributed by atoms with Crippen LogP contribution >= 0.6 is 0 Å². The summed E-state index contributed by atoms with van der Waals surface area (Å²) in [5.41, 5.74) is 2.73. The van der Waals surface area contributed by atoms with Crippen molar-refractivity contribution in [1.82, 2.24) is 9.47 Å². The normalized spacial score (nSPS) is 21.0. The van der Waals surface area contributed by atoms with E-state index in [0.29, 0.717) is 19.7 Å². The zero-order valence-corrected chi connectivity index (χ0v) is 19.0. The second kappa shape index (κ2) is 9.20. The average Bonchev–Trinajstić information content (AvgIpc) is 3.14. The summed E-state index contributed by atoms with van der Waals surface area (Å²) in [4.78, 5) is 14.3. The highest BCUT2D eigenvalue weighted by atomic mass is 16.5. The molecule has 1 aromatic heterocycles. The number of methoxy groups -OCH3 is 1. The molecule has 1 aliphatic rings. The van der Waals surface area contributed by atoms with Gasteiger partial charge in [0, 0.05) is 32.3 Å². The van der Waals surface area contributed by atoms with E-state index < -0.39 is 5.60 Å².